The van der Waals surface area contributed by atoms with Gasteiger partial charge in [-0.15, -0.1) is 11.8 Å². The molecule has 1 aromatic carbocycles. The Balaban J connectivity index is 2.17. The number of carbonyl (C=O) groups is 1. The van der Waals surface area contributed by atoms with Crippen LogP contribution in [0.4, 0.5) is 5.69 Å². The SMILES string of the molecule is CSc1ccc(C(=O)NC(CN)C2CC2)cc1[N+](=O)[O-]. The van der Waals surface area contributed by atoms with Gasteiger partial charge in [0.05, 0.1) is 9.82 Å². The van der Waals surface area contributed by atoms with Crippen molar-refractivity contribution in [3.63, 3.8) is 0 Å². The van der Waals surface area contributed by atoms with E-state index in [4.69, 9.17) is 5.73 Å². The van der Waals surface area contributed by atoms with Gasteiger partial charge >= 0.3 is 0 Å². The van der Waals surface area contributed by atoms with E-state index < -0.39 is 4.92 Å². The van der Waals surface area contributed by atoms with Crippen molar-refractivity contribution in [2.45, 2.75) is 23.8 Å². The quantitative estimate of drug-likeness (QED) is 0.473. The van der Waals surface area contributed by atoms with Gasteiger partial charge in [0.15, 0.2) is 0 Å². The van der Waals surface area contributed by atoms with Crippen LogP contribution in [0.25, 0.3) is 0 Å². The molecule has 1 saturated carbocycles. The first-order valence-electron chi connectivity index (χ1n) is 6.40. The summed E-state index contributed by atoms with van der Waals surface area (Å²) in [6, 6.07) is 4.49. The smallest absolute Gasteiger partial charge is 0.283 e. The van der Waals surface area contributed by atoms with Crippen LogP contribution in [0.1, 0.15) is 23.2 Å². The molecule has 1 aliphatic carbocycles. The number of nitro benzene ring substituents is 1. The average molecular weight is 295 g/mol. The number of carbonyl (C=O) groups excluding carboxylic acids is 1. The van der Waals surface area contributed by atoms with Gasteiger partial charge in [-0.05, 0) is 37.1 Å². The maximum atomic E-state index is 12.1. The number of hydrogen-bond acceptors (Lipinski definition) is 5. The minimum absolute atomic E-state index is 0.0400. The third-order valence-corrected chi connectivity index (χ3v) is 4.18. The Labute approximate surface area is 121 Å². The Morgan fingerprint density at radius 1 is 1.60 bits per heavy atom. The largest absolute Gasteiger partial charge is 0.348 e. The number of nitro groups is 1. The molecule has 1 amide bonds. The van der Waals surface area contributed by atoms with Gasteiger partial charge in [-0.2, -0.15) is 0 Å². The summed E-state index contributed by atoms with van der Waals surface area (Å²) in [5.41, 5.74) is 5.90. The second-order valence-electron chi connectivity index (χ2n) is 4.80. The van der Waals surface area contributed by atoms with Crippen molar-refractivity contribution in [3.8, 4) is 0 Å². The van der Waals surface area contributed by atoms with Crippen LogP contribution in [-0.2, 0) is 0 Å². The van der Waals surface area contributed by atoms with E-state index in [1.54, 1.807) is 18.4 Å². The van der Waals surface area contributed by atoms with Crippen LogP contribution in [0.15, 0.2) is 23.1 Å². The fraction of sp³-hybridized carbons (Fsp3) is 0.462. The number of nitrogens with zero attached hydrogens (tertiary/aromatic N) is 1. The lowest BCUT2D eigenvalue weighted by atomic mass is 10.1. The number of benzene rings is 1. The first kappa shape index (κ1) is 14.8. The fourth-order valence-electron chi connectivity index (χ4n) is 2.09. The number of hydrogen-bond donors (Lipinski definition) is 2. The Morgan fingerprint density at radius 3 is 2.80 bits per heavy atom. The highest BCUT2D eigenvalue weighted by Gasteiger charge is 2.31. The average Bonchev–Trinajstić information content (AvgIpc) is 3.28. The van der Waals surface area contributed by atoms with Crippen molar-refractivity contribution < 1.29 is 9.72 Å². The van der Waals surface area contributed by atoms with Gasteiger partial charge < -0.3 is 11.1 Å². The number of nitrogens with two attached hydrogens (primary N) is 1. The molecule has 6 nitrogen and oxygen atoms in total. The van der Waals surface area contributed by atoms with Crippen molar-refractivity contribution in [2.75, 3.05) is 12.8 Å². The van der Waals surface area contributed by atoms with Crippen LogP contribution < -0.4 is 11.1 Å². The number of amides is 1. The van der Waals surface area contributed by atoms with Gasteiger partial charge in [0.25, 0.3) is 11.6 Å². The zero-order valence-corrected chi connectivity index (χ0v) is 12.0. The zero-order valence-electron chi connectivity index (χ0n) is 11.2. The van der Waals surface area contributed by atoms with E-state index in [2.05, 4.69) is 5.32 Å². The normalized spacial score (nSPS) is 15.7. The molecule has 1 unspecified atom stereocenters. The summed E-state index contributed by atoms with van der Waals surface area (Å²) in [5, 5.41) is 13.8. The van der Waals surface area contributed by atoms with Crippen molar-refractivity contribution in [3.05, 3.63) is 33.9 Å². The lowest BCUT2D eigenvalue weighted by Crippen LogP contribution is -2.41. The lowest BCUT2D eigenvalue weighted by Gasteiger charge is -2.16. The molecule has 0 radical (unpaired) electrons. The first-order chi connectivity index (χ1) is 9.56. The summed E-state index contributed by atoms with van der Waals surface area (Å²) in [7, 11) is 0. The number of rotatable bonds is 6. The molecular formula is C13H17N3O3S. The summed E-state index contributed by atoms with van der Waals surface area (Å²) in [6.07, 6.45) is 3.92. The van der Waals surface area contributed by atoms with E-state index in [9.17, 15) is 14.9 Å². The van der Waals surface area contributed by atoms with Gasteiger partial charge in [-0.25, -0.2) is 0 Å². The molecule has 7 heteroatoms. The molecule has 108 valence electrons. The molecule has 2 rings (SSSR count). The van der Waals surface area contributed by atoms with E-state index in [-0.39, 0.29) is 17.6 Å². The summed E-state index contributed by atoms with van der Waals surface area (Å²) < 4.78 is 0. The molecule has 0 aliphatic heterocycles. The third kappa shape index (κ3) is 3.29. The monoisotopic (exact) mass is 295 g/mol. The van der Waals surface area contributed by atoms with Gasteiger partial charge in [0, 0.05) is 24.2 Å². The summed E-state index contributed by atoms with van der Waals surface area (Å²) >= 11 is 1.28. The van der Waals surface area contributed by atoms with E-state index in [0.717, 1.165) is 12.8 Å². The molecule has 20 heavy (non-hydrogen) atoms. The lowest BCUT2D eigenvalue weighted by molar-refractivity contribution is -0.387. The Morgan fingerprint density at radius 2 is 2.30 bits per heavy atom. The highest BCUT2D eigenvalue weighted by Crippen LogP contribution is 2.32. The van der Waals surface area contributed by atoms with Crippen LogP contribution >= 0.6 is 11.8 Å². The van der Waals surface area contributed by atoms with Crippen molar-refractivity contribution in [2.24, 2.45) is 11.7 Å². The van der Waals surface area contributed by atoms with Crippen molar-refractivity contribution in [1.82, 2.24) is 5.32 Å². The van der Waals surface area contributed by atoms with Crippen LogP contribution in [0.5, 0.6) is 0 Å². The number of nitrogens with one attached hydrogen (secondary N) is 1. The molecule has 0 saturated heterocycles. The molecule has 0 aromatic heterocycles. The van der Waals surface area contributed by atoms with E-state index >= 15 is 0 Å². The molecule has 1 aliphatic rings. The van der Waals surface area contributed by atoms with Crippen molar-refractivity contribution >= 4 is 23.4 Å². The van der Waals surface area contributed by atoms with Crippen molar-refractivity contribution in [1.29, 1.82) is 0 Å². The van der Waals surface area contributed by atoms with Gasteiger partial charge in [0.1, 0.15) is 0 Å². The van der Waals surface area contributed by atoms with Gasteiger partial charge in [-0.3, -0.25) is 14.9 Å². The molecule has 1 fully saturated rings. The molecule has 0 heterocycles. The standard InChI is InChI=1S/C13H17N3O3S/c1-20-12-5-4-9(6-11(12)16(18)19)13(17)15-10(7-14)8-2-3-8/h4-6,8,10H,2-3,7,14H2,1H3,(H,15,17). The highest BCUT2D eigenvalue weighted by atomic mass is 32.2. The third-order valence-electron chi connectivity index (χ3n) is 3.40. The van der Waals surface area contributed by atoms with Crippen LogP contribution in [0, 0.1) is 16.0 Å². The highest BCUT2D eigenvalue weighted by molar-refractivity contribution is 7.98. The molecule has 0 spiro atoms. The van der Waals surface area contributed by atoms with Crippen LogP contribution in [-0.4, -0.2) is 29.7 Å². The van der Waals surface area contributed by atoms with Crippen LogP contribution in [0.2, 0.25) is 0 Å². The Hall–Kier alpha value is -1.60. The summed E-state index contributed by atoms with van der Waals surface area (Å²) in [4.78, 5) is 23.2. The second kappa shape index (κ2) is 6.23. The predicted octanol–water partition coefficient (Wildman–Crippen LogP) is 1.78. The molecule has 3 N–H and O–H groups in total. The molecular weight excluding hydrogens is 278 g/mol. The molecule has 1 aromatic rings. The molecule has 1 atom stereocenters. The summed E-state index contributed by atoms with van der Waals surface area (Å²) in [5.74, 6) is 0.146. The van der Waals surface area contributed by atoms with Gasteiger partial charge in [0.2, 0.25) is 0 Å². The maximum Gasteiger partial charge on any atom is 0.283 e. The topological polar surface area (TPSA) is 98.3 Å². The van der Waals surface area contributed by atoms with E-state index in [1.807, 2.05) is 0 Å². The number of thioether (sulfide) groups is 1. The fourth-order valence-corrected chi connectivity index (χ4v) is 2.64. The first-order valence-corrected chi connectivity index (χ1v) is 7.62. The van der Waals surface area contributed by atoms with E-state index in [0.29, 0.717) is 22.9 Å². The Kier molecular flexibility index (Phi) is 4.61. The van der Waals surface area contributed by atoms with Crippen LogP contribution in [0.3, 0.4) is 0 Å². The minimum Gasteiger partial charge on any atom is -0.348 e. The summed E-state index contributed by atoms with van der Waals surface area (Å²) in [6.45, 7) is 0.390. The van der Waals surface area contributed by atoms with Gasteiger partial charge in [-0.1, -0.05) is 0 Å². The van der Waals surface area contributed by atoms with E-state index in [1.165, 1.54) is 17.8 Å². The zero-order chi connectivity index (χ0) is 14.7. The Bertz CT molecular complexity index is 532. The minimum atomic E-state index is -0.468. The molecule has 0 bridgehead atoms. The predicted molar refractivity (Wildman–Crippen MR) is 77.9 cm³/mol. The second-order valence-corrected chi connectivity index (χ2v) is 5.64. The maximum absolute atomic E-state index is 12.1.